The van der Waals surface area contributed by atoms with Crippen LogP contribution in [0.4, 0.5) is 19.9 Å². The summed E-state index contributed by atoms with van der Waals surface area (Å²) in [7, 11) is 17.8. The number of aromatic nitrogens is 4. The van der Waals surface area contributed by atoms with Gasteiger partial charge in [-0.1, -0.05) is 0 Å². The minimum absolute atomic E-state index is 0.117. The van der Waals surface area contributed by atoms with E-state index in [1.807, 2.05) is 0 Å². The average molecular weight is 639 g/mol. The van der Waals surface area contributed by atoms with Crippen molar-refractivity contribution in [1.29, 1.82) is 0 Å². The third kappa shape index (κ3) is 9.79. The van der Waals surface area contributed by atoms with Gasteiger partial charge in [-0.15, -0.1) is 0 Å². The number of nitrogen functional groups attached to an aromatic ring is 1. The highest BCUT2D eigenvalue weighted by molar-refractivity contribution is 7.48. The van der Waals surface area contributed by atoms with Crippen molar-refractivity contribution in [3.8, 4) is 0 Å². The van der Waals surface area contributed by atoms with Crippen molar-refractivity contribution < 1.29 is 66.0 Å². The fraction of sp³-hybridized carbons (Fsp3) is 0.650. The number of rotatable bonds is 16. The Bertz CT molecular complexity index is 1320. The Labute approximate surface area is 255 Å². The summed E-state index contributed by atoms with van der Waals surface area (Å²) in [4.78, 5) is 34.8. The molecule has 0 saturated heterocycles. The van der Waals surface area contributed by atoms with Gasteiger partial charge in [-0.3, -0.25) is 9.09 Å². The first-order valence-electron chi connectivity index (χ1n) is 12.4. The summed E-state index contributed by atoms with van der Waals surface area (Å²) in [5.74, 6) is -4.14. The number of ether oxygens (including phenoxy) is 5. The molecule has 2 atom stereocenters. The predicted octanol–water partition coefficient (Wildman–Crippen LogP) is -1.65. The maximum atomic E-state index is 16.2. The highest BCUT2D eigenvalue weighted by atomic mass is 31.2. The van der Waals surface area contributed by atoms with Crippen molar-refractivity contribution in [3.63, 3.8) is 0 Å². The number of anilines is 1. The van der Waals surface area contributed by atoms with E-state index in [-0.39, 0.29) is 22.7 Å². The molecule has 0 aliphatic carbocycles. The number of carbonyl (C=O) groups is 2. The van der Waals surface area contributed by atoms with Crippen LogP contribution < -0.4 is 17.1 Å². The average Bonchev–Trinajstić information content (AvgIpc) is 3.21. The van der Waals surface area contributed by atoms with Crippen LogP contribution in [0, 0.1) is 0 Å². The summed E-state index contributed by atoms with van der Waals surface area (Å²) in [5, 5.41) is 16.4. The second-order valence-electron chi connectivity index (χ2n) is 9.07. The van der Waals surface area contributed by atoms with Crippen LogP contribution in [-0.2, 0) is 41.8 Å². The molecule has 2 rings (SSSR count). The molecule has 18 nitrogen and oxygen atoms in total. The first-order chi connectivity index (χ1) is 20.4. The van der Waals surface area contributed by atoms with Crippen LogP contribution in [0.5, 0.6) is 0 Å². The standard InChI is InChI=1S/C20H27B4FN5O13P/c1-9(2)40-17(33)36-7-38-44(35,39-8-37-18(34)41-10(3)4)43-20(23,24)19(25,6-32)42-11(5-31)30-14-12(27-15(30)22)13(21)28-16(26)29-14/h9-11,31-32H,5-8H2,1-4H3,(H2,26,28,29)/t11?,19-/m0/s1. The van der Waals surface area contributed by atoms with E-state index in [2.05, 4.69) is 24.4 Å². The normalized spacial score (nSPS) is 14.4. The topological polar surface area (TPSA) is 235 Å². The second kappa shape index (κ2) is 15.4. The van der Waals surface area contributed by atoms with Gasteiger partial charge in [-0.25, -0.2) is 37.6 Å². The third-order valence-electron chi connectivity index (χ3n) is 4.87. The van der Waals surface area contributed by atoms with E-state index in [0.29, 0.717) is 0 Å². The number of phosphoric ester groups is 1. The van der Waals surface area contributed by atoms with Gasteiger partial charge in [-0.05, 0) is 27.7 Å². The van der Waals surface area contributed by atoms with E-state index < -0.39 is 82.3 Å². The molecule has 4 N–H and O–H groups in total. The number of imidazole rings is 1. The number of carbonyl (C=O) groups excluding carboxylic acids is 2. The van der Waals surface area contributed by atoms with Crippen LogP contribution in [0.25, 0.3) is 11.2 Å². The maximum Gasteiger partial charge on any atom is 0.510 e. The largest absolute Gasteiger partial charge is 0.510 e. The lowest BCUT2D eigenvalue weighted by atomic mass is 9.61. The molecular weight excluding hydrogens is 611 g/mol. The molecule has 0 aromatic carbocycles. The van der Waals surface area contributed by atoms with Gasteiger partial charge < -0.3 is 39.6 Å². The van der Waals surface area contributed by atoms with Crippen LogP contribution in [0.3, 0.4) is 0 Å². The summed E-state index contributed by atoms with van der Waals surface area (Å²) >= 11 is 0. The monoisotopic (exact) mass is 639 g/mol. The van der Waals surface area contributed by atoms with Gasteiger partial charge in [0.25, 0.3) is 0 Å². The summed E-state index contributed by atoms with van der Waals surface area (Å²) < 4.78 is 68.5. The molecular formula is C20H27B4FN5O13P. The number of phosphoric acid groups is 1. The Morgan fingerprint density at radius 1 is 1.00 bits per heavy atom. The van der Waals surface area contributed by atoms with E-state index in [9.17, 15) is 24.4 Å². The van der Waals surface area contributed by atoms with Crippen LogP contribution in [0.15, 0.2) is 0 Å². The summed E-state index contributed by atoms with van der Waals surface area (Å²) in [5.41, 5.74) is 4.58. The number of aliphatic hydroxyl groups is 2. The maximum absolute atomic E-state index is 16.2. The van der Waals surface area contributed by atoms with Gasteiger partial charge in [0.05, 0.1) is 29.9 Å². The molecule has 1 unspecified atom stereocenters. The summed E-state index contributed by atoms with van der Waals surface area (Å²) in [6.07, 6.45) is -5.72. The molecule has 0 saturated carbocycles. The van der Waals surface area contributed by atoms with Crippen molar-refractivity contribution in [2.45, 2.75) is 57.4 Å². The van der Waals surface area contributed by atoms with Crippen molar-refractivity contribution in [2.24, 2.45) is 0 Å². The zero-order valence-electron chi connectivity index (χ0n) is 23.9. The van der Waals surface area contributed by atoms with E-state index >= 15 is 4.39 Å². The second-order valence-corrected chi connectivity index (χ2v) is 10.7. The molecule has 0 spiro atoms. The smallest absolute Gasteiger partial charge is 0.432 e. The highest BCUT2D eigenvalue weighted by Gasteiger charge is 2.53. The zero-order chi connectivity index (χ0) is 33.5. The van der Waals surface area contributed by atoms with Gasteiger partial charge in [0.2, 0.25) is 25.4 Å². The molecule has 24 heteroatoms. The van der Waals surface area contributed by atoms with Gasteiger partial charge >= 0.3 is 20.1 Å². The summed E-state index contributed by atoms with van der Waals surface area (Å²) in [6.45, 7) is 0.738. The number of nitrogens with zero attached hydrogens (tertiary/aromatic N) is 4. The first-order valence-corrected chi connectivity index (χ1v) is 13.8. The number of halogens is 1. The van der Waals surface area contributed by atoms with Crippen molar-refractivity contribution in [3.05, 3.63) is 0 Å². The van der Waals surface area contributed by atoms with Gasteiger partial charge in [0.1, 0.15) is 35.7 Å². The number of aliphatic hydroxyl groups excluding tert-OH is 2. The molecule has 2 aromatic rings. The van der Waals surface area contributed by atoms with Crippen LogP contribution in [0.2, 0.25) is 0 Å². The molecule has 8 radical (unpaired) electrons. The van der Waals surface area contributed by atoms with Gasteiger partial charge in [0, 0.05) is 5.59 Å². The van der Waals surface area contributed by atoms with E-state index in [1.54, 1.807) is 0 Å². The Kier molecular flexibility index (Phi) is 13.0. The SMILES string of the molecule is [B]c1nc(N)nc2c1nc([B])n2C(CO)O[C@@](F)(CO)C([B])([B])OP(=O)(OCOC(=O)OC(C)C)OCOC(=O)OC(C)C. The Hall–Kier alpha value is -2.93. The lowest BCUT2D eigenvalue weighted by molar-refractivity contribution is -0.261. The molecule has 0 aliphatic heterocycles. The zero-order valence-corrected chi connectivity index (χ0v) is 24.8. The number of alkyl halides is 1. The molecule has 44 heavy (non-hydrogen) atoms. The fourth-order valence-electron chi connectivity index (χ4n) is 3.03. The lowest BCUT2D eigenvalue weighted by Crippen LogP contribution is -2.59. The molecule has 0 bridgehead atoms. The van der Waals surface area contributed by atoms with E-state index in [0.717, 1.165) is 4.57 Å². The van der Waals surface area contributed by atoms with Crippen LogP contribution >= 0.6 is 7.82 Å². The van der Waals surface area contributed by atoms with Crippen molar-refractivity contribution >= 4 is 79.9 Å². The minimum atomic E-state index is -5.31. The van der Waals surface area contributed by atoms with Crippen LogP contribution in [-0.4, -0.2) is 124 Å². The number of hydrogen-bond acceptors (Lipinski definition) is 17. The molecule has 234 valence electrons. The Morgan fingerprint density at radius 2 is 1.52 bits per heavy atom. The van der Waals surface area contributed by atoms with E-state index in [1.165, 1.54) is 27.7 Å². The Morgan fingerprint density at radius 3 is 1.98 bits per heavy atom. The fourth-order valence-corrected chi connectivity index (χ4v) is 4.08. The van der Waals surface area contributed by atoms with Crippen molar-refractivity contribution in [2.75, 3.05) is 32.5 Å². The molecule has 0 aliphatic rings. The predicted molar refractivity (Wildman–Crippen MR) is 149 cm³/mol. The third-order valence-corrected chi connectivity index (χ3v) is 6.24. The van der Waals surface area contributed by atoms with Gasteiger partial charge in [0.15, 0.2) is 19.7 Å². The van der Waals surface area contributed by atoms with Crippen molar-refractivity contribution in [1.82, 2.24) is 19.5 Å². The molecule has 0 amide bonds. The molecule has 2 aromatic heterocycles. The van der Waals surface area contributed by atoms with Gasteiger partial charge in [-0.2, -0.15) is 4.98 Å². The number of hydrogen-bond donors (Lipinski definition) is 3. The summed E-state index contributed by atoms with van der Waals surface area (Å²) in [6, 6.07) is 0. The molecule has 0 fully saturated rings. The van der Waals surface area contributed by atoms with E-state index in [4.69, 9.17) is 64.9 Å². The Balaban J connectivity index is 2.35. The lowest BCUT2D eigenvalue weighted by Gasteiger charge is -2.42. The highest BCUT2D eigenvalue weighted by Crippen LogP contribution is 2.54. The van der Waals surface area contributed by atoms with Crippen LogP contribution in [0.1, 0.15) is 33.9 Å². The molecule has 2 heterocycles. The minimum Gasteiger partial charge on any atom is -0.432 e. The number of fused-ring (bicyclic) bond motifs is 1. The first kappa shape index (κ1) is 37.3. The quantitative estimate of drug-likeness (QED) is 0.0808. The number of nitrogens with two attached hydrogens (primary N) is 1.